The molecule has 2 aliphatic rings. The maximum absolute atomic E-state index is 12.7. The smallest absolute Gasteiger partial charge is 0.223 e. The molecule has 0 bridgehead atoms. The van der Waals surface area contributed by atoms with Crippen LogP contribution >= 0.6 is 0 Å². The molecule has 2 aliphatic heterocycles. The first-order valence-electron chi connectivity index (χ1n) is 8.23. The van der Waals surface area contributed by atoms with Crippen LogP contribution in [0.4, 0.5) is 0 Å². The summed E-state index contributed by atoms with van der Waals surface area (Å²) in [6, 6.07) is 2.47. The number of nitrogens with one attached hydrogen (secondary N) is 1. The Morgan fingerprint density at radius 2 is 2.33 bits per heavy atom. The van der Waals surface area contributed by atoms with Gasteiger partial charge in [-0.2, -0.15) is 5.10 Å². The van der Waals surface area contributed by atoms with Gasteiger partial charge in [-0.3, -0.25) is 9.48 Å². The minimum atomic E-state index is 0.329. The maximum Gasteiger partial charge on any atom is 0.223 e. The molecule has 0 radical (unpaired) electrons. The molecule has 3 rings (SSSR count). The standard InChI is InChI=1S/C16H26N4O/c1-19-14(7-10-18-19)5-6-16(21)20-11-3-2-4-13-12-17-9-8-15(13)20/h7,10,13,15,17H,2-6,8-9,11-12H2,1H3/t13-,15+/m0/s1. The molecule has 0 unspecified atom stereocenters. The van der Waals surface area contributed by atoms with Crippen LogP contribution in [0.5, 0.6) is 0 Å². The molecule has 0 aromatic carbocycles. The summed E-state index contributed by atoms with van der Waals surface area (Å²) >= 11 is 0. The van der Waals surface area contributed by atoms with Crippen LogP contribution in [0.15, 0.2) is 12.3 Å². The minimum absolute atomic E-state index is 0.329. The lowest BCUT2D eigenvalue weighted by Gasteiger charge is -2.38. The van der Waals surface area contributed by atoms with Gasteiger partial charge >= 0.3 is 0 Å². The molecule has 5 nitrogen and oxygen atoms in total. The van der Waals surface area contributed by atoms with Crippen molar-refractivity contribution in [2.24, 2.45) is 13.0 Å². The van der Waals surface area contributed by atoms with Crippen molar-refractivity contribution in [2.45, 2.75) is 44.6 Å². The summed E-state index contributed by atoms with van der Waals surface area (Å²) in [6.45, 7) is 3.08. The Hall–Kier alpha value is -1.36. The third-order valence-corrected chi connectivity index (χ3v) is 5.03. The number of nitrogens with zero attached hydrogens (tertiary/aromatic N) is 3. The average molecular weight is 290 g/mol. The van der Waals surface area contributed by atoms with Crippen molar-refractivity contribution in [1.82, 2.24) is 20.0 Å². The van der Waals surface area contributed by atoms with Gasteiger partial charge in [0.25, 0.3) is 0 Å². The number of aromatic nitrogens is 2. The molecule has 0 saturated carbocycles. The summed E-state index contributed by atoms with van der Waals surface area (Å²) in [5, 5.41) is 7.65. The third kappa shape index (κ3) is 3.28. The summed E-state index contributed by atoms with van der Waals surface area (Å²) < 4.78 is 1.86. The fourth-order valence-corrected chi connectivity index (χ4v) is 3.80. The number of hydrogen-bond acceptors (Lipinski definition) is 3. The van der Waals surface area contributed by atoms with Gasteiger partial charge in [-0.1, -0.05) is 6.42 Å². The second-order valence-electron chi connectivity index (χ2n) is 6.35. The first kappa shape index (κ1) is 14.6. The van der Waals surface area contributed by atoms with E-state index in [4.69, 9.17) is 0 Å². The van der Waals surface area contributed by atoms with Crippen LogP contribution in [0.25, 0.3) is 0 Å². The summed E-state index contributed by atoms with van der Waals surface area (Å²) in [7, 11) is 1.94. The number of hydrogen-bond donors (Lipinski definition) is 1. The largest absolute Gasteiger partial charge is 0.339 e. The zero-order valence-corrected chi connectivity index (χ0v) is 12.9. The SMILES string of the molecule is Cn1nccc1CCC(=O)N1CCCC[C@H]2CNCC[C@H]21. The molecule has 2 atom stereocenters. The van der Waals surface area contributed by atoms with E-state index in [9.17, 15) is 4.79 Å². The Morgan fingerprint density at radius 3 is 3.14 bits per heavy atom. The van der Waals surface area contributed by atoms with Crippen molar-refractivity contribution in [2.75, 3.05) is 19.6 Å². The number of carbonyl (C=O) groups excluding carboxylic acids is 1. The van der Waals surface area contributed by atoms with Crippen molar-refractivity contribution in [1.29, 1.82) is 0 Å². The molecular weight excluding hydrogens is 264 g/mol. The van der Waals surface area contributed by atoms with E-state index in [0.717, 1.165) is 44.6 Å². The Morgan fingerprint density at radius 1 is 1.43 bits per heavy atom. The van der Waals surface area contributed by atoms with E-state index in [0.29, 0.717) is 24.3 Å². The zero-order valence-electron chi connectivity index (χ0n) is 12.9. The van der Waals surface area contributed by atoms with Crippen LogP contribution in [0.1, 0.15) is 37.8 Å². The highest BCUT2D eigenvalue weighted by Gasteiger charge is 2.33. The number of piperidine rings is 1. The Labute approximate surface area is 126 Å². The van der Waals surface area contributed by atoms with Gasteiger partial charge < -0.3 is 10.2 Å². The van der Waals surface area contributed by atoms with E-state index in [-0.39, 0.29) is 0 Å². The van der Waals surface area contributed by atoms with Crippen molar-refractivity contribution < 1.29 is 4.79 Å². The fraction of sp³-hybridized carbons (Fsp3) is 0.750. The van der Waals surface area contributed by atoms with E-state index >= 15 is 0 Å². The molecule has 0 spiro atoms. The number of fused-ring (bicyclic) bond motifs is 1. The Bertz CT molecular complexity index is 484. The molecule has 0 aliphatic carbocycles. The van der Waals surface area contributed by atoms with Crippen LogP contribution in [0.2, 0.25) is 0 Å². The third-order valence-electron chi connectivity index (χ3n) is 5.03. The zero-order chi connectivity index (χ0) is 14.7. The predicted octanol–water partition coefficient (Wildman–Crippen LogP) is 1.34. The second kappa shape index (κ2) is 6.60. The monoisotopic (exact) mass is 290 g/mol. The maximum atomic E-state index is 12.7. The van der Waals surface area contributed by atoms with Gasteiger partial charge in [-0.05, 0) is 50.8 Å². The number of aryl methyl sites for hydroxylation is 2. The van der Waals surface area contributed by atoms with Gasteiger partial charge in [0.15, 0.2) is 0 Å². The molecule has 116 valence electrons. The lowest BCUT2D eigenvalue weighted by atomic mass is 9.89. The number of amides is 1. The van der Waals surface area contributed by atoms with Gasteiger partial charge in [0, 0.05) is 37.9 Å². The molecule has 3 heterocycles. The van der Waals surface area contributed by atoms with Crippen molar-refractivity contribution in [3.63, 3.8) is 0 Å². The van der Waals surface area contributed by atoms with Crippen LogP contribution in [-0.4, -0.2) is 46.3 Å². The predicted molar refractivity (Wildman–Crippen MR) is 81.9 cm³/mol. The van der Waals surface area contributed by atoms with Crippen LogP contribution in [-0.2, 0) is 18.3 Å². The molecule has 21 heavy (non-hydrogen) atoms. The topological polar surface area (TPSA) is 50.2 Å². The first-order chi connectivity index (χ1) is 10.3. The number of carbonyl (C=O) groups is 1. The molecular formula is C16H26N4O. The van der Waals surface area contributed by atoms with E-state index in [1.807, 2.05) is 17.8 Å². The fourth-order valence-electron chi connectivity index (χ4n) is 3.80. The molecule has 5 heteroatoms. The van der Waals surface area contributed by atoms with Gasteiger partial charge in [0.05, 0.1) is 0 Å². The summed E-state index contributed by atoms with van der Waals surface area (Å²) in [5.41, 5.74) is 1.14. The van der Waals surface area contributed by atoms with Crippen LogP contribution < -0.4 is 5.32 Å². The number of rotatable bonds is 3. The molecule has 2 saturated heterocycles. The van der Waals surface area contributed by atoms with E-state index in [1.54, 1.807) is 6.20 Å². The molecule has 2 fully saturated rings. The van der Waals surface area contributed by atoms with Crippen molar-refractivity contribution >= 4 is 5.91 Å². The molecule has 1 amide bonds. The Kier molecular flexibility index (Phi) is 4.58. The highest BCUT2D eigenvalue weighted by atomic mass is 16.2. The second-order valence-corrected chi connectivity index (χ2v) is 6.35. The first-order valence-corrected chi connectivity index (χ1v) is 8.23. The minimum Gasteiger partial charge on any atom is -0.339 e. The molecule has 1 aromatic heterocycles. The quantitative estimate of drug-likeness (QED) is 0.914. The highest BCUT2D eigenvalue weighted by molar-refractivity contribution is 5.76. The lowest BCUT2D eigenvalue weighted by molar-refractivity contribution is -0.134. The molecule has 1 N–H and O–H groups in total. The normalized spacial score (nSPS) is 26.2. The van der Waals surface area contributed by atoms with Gasteiger partial charge in [-0.15, -0.1) is 0 Å². The van der Waals surface area contributed by atoms with Gasteiger partial charge in [0.2, 0.25) is 5.91 Å². The van der Waals surface area contributed by atoms with Crippen LogP contribution in [0.3, 0.4) is 0 Å². The summed E-state index contributed by atoms with van der Waals surface area (Å²) in [5.74, 6) is 0.983. The van der Waals surface area contributed by atoms with E-state index < -0.39 is 0 Å². The highest BCUT2D eigenvalue weighted by Crippen LogP contribution is 2.27. The van der Waals surface area contributed by atoms with Crippen molar-refractivity contribution in [3.8, 4) is 0 Å². The van der Waals surface area contributed by atoms with Crippen molar-refractivity contribution in [3.05, 3.63) is 18.0 Å². The lowest BCUT2D eigenvalue weighted by Crippen LogP contribution is -2.51. The van der Waals surface area contributed by atoms with Gasteiger partial charge in [0.1, 0.15) is 0 Å². The van der Waals surface area contributed by atoms with Gasteiger partial charge in [-0.25, -0.2) is 0 Å². The average Bonchev–Trinajstić information content (AvgIpc) is 2.79. The summed E-state index contributed by atoms with van der Waals surface area (Å²) in [6.07, 6.45) is 8.00. The van der Waals surface area contributed by atoms with E-state index in [1.165, 1.54) is 12.8 Å². The Balaban J connectivity index is 1.63. The van der Waals surface area contributed by atoms with Crippen LogP contribution in [0, 0.1) is 5.92 Å². The number of likely N-dealkylation sites (tertiary alicyclic amines) is 1. The summed E-state index contributed by atoms with van der Waals surface area (Å²) in [4.78, 5) is 14.9. The molecule has 1 aromatic rings. The van der Waals surface area contributed by atoms with E-state index in [2.05, 4.69) is 15.3 Å².